The van der Waals surface area contributed by atoms with Crippen molar-refractivity contribution >= 4 is 72.4 Å². The van der Waals surface area contributed by atoms with Crippen LogP contribution in [0, 0.1) is 0 Å². The van der Waals surface area contributed by atoms with E-state index < -0.39 is 13.5 Å². The smallest absolute Gasteiger partial charge is 0.179 e. The standard InChI is InChI=1S/C73H50N2Si/c1-6-26-51(27-7-1)73(52-28-8-2-9-29-52)65-45-19-16-40-64(65)70-60(41-24-46-66(70)73)63-43-23-42-61-58-38-18-21-48-68(58)75(71(61)63)69-49-25-44-62-59-39-17-20-47-67(59)74(72(62)69)53-30-22-37-57(50-53)76(54-31-10-3-11-32-54,55-33-12-4-13-34-55)56-35-14-5-15-36-56/h1-50H. The maximum Gasteiger partial charge on any atom is 0.179 e. The van der Waals surface area contributed by atoms with Gasteiger partial charge in [0.1, 0.15) is 0 Å². The predicted molar refractivity (Wildman–Crippen MR) is 321 cm³/mol. The molecule has 12 aromatic carbocycles. The van der Waals surface area contributed by atoms with Gasteiger partial charge in [-0.1, -0.05) is 273 Å². The van der Waals surface area contributed by atoms with Crippen LogP contribution in [0.15, 0.2) is 303 Å². The highest BCUT2D eigenvalue weighted by Crippen LogP contribution is 2.59. The molecule has 15 rings (SSSR count). The second-order valence-electron chi connectivity index (χ2n) is 20.2. The first-order valence-corrected chi connectivity index (χ1v) is 28.4. The van der Waals surface area contributed by atoms with Crippen LogP contribution < -0.4 is 20.7 Å². The van der Waals surface area contributed by atoms with Crippen molar-refractivity contribution in [2.45, 2.75) is 5.41 Å². The Morgan fingerprint density at radius 2 is 0.697 bits per heavy atom. The summed E-state index contributed by atoms with van der Waals surface area (Å²) in [6.45, 7) is 0. The first-order valence-electron chi connectivity index (χ1n) is 26.4. The van der Waals surface area contributed by atoms with E-state index in [2.05, 4.69) is 312 Å². The highest BCUT2D eigenvalue weighted by Gasteiger charge is 2.47. The zero-order valence-corrected chi connectivity index (χ0v) is 42.8. The SMILES string of the molecule is c1ccc(C2(c3ccccc3)c3ccccc3-c3c(-c4cccc5c6ccccc6n(-c6cccc7c8ccccc8n(-c8cccc([Si](c9ccccc9)(c9ccccc9)c9ccccc9)c8)c67)c45)cccc32)cc1. The van der Waals surface area contributed by atoms with Gasteiger partial charge >= 0.3 is 0 Å². The number of aromatic nitrogens is 2. The van der Waals surface area contributed by atoms with Gasteiger partial charge in [0, 0.05) is 32.8 Å². The van der Waals surface area contributed by atoms with E-state index >= 15 is 0 Å². The molecule has 0 amide bonds. The van der Waals surface area contributed by atoms with Gasteiger partial charge in [-0.05, 0) is 90.0 Å². The minimum Gasteiger partial charge on any atom is -0.307 e. The summed E-state index contributed by atoms with van der Waals surface area (Å²) in [4.78, 5) is 0. The number of nitrogens with zero attached hydrogens (tertiary/aromatic N) is 2. The summed E-state index contributed by atoms with van der Waals surface area (Å²) in [7, 11) is -2.87. The average Bonchev–Trinajstić information content (AvgIpc) is 4.18. The third-order valence-electron chi connectivity index (χ3n) is 16.5. The molecule has 2 nitrogen and oxygen atoms in total. The van der Waals surface area contributed by atoms with E-state index in [1.165, 1.54) is 109 Å². The summed E-state index contributed by atoms with van der Waals surface area (Å²) in [5.74, 6) is 0. The maximum atomic E-state index is 2.58. The van der Waals surface area contributed by atoms with Crippen molar-refractivity contribution in [3.8, 4) is 33.6 Å². The van der Waals surface area contributed by atoms with Crippen LogP contribution in [0.1, 0.15) is 22.3 Å². The fourth-order valence-corrected chi connectivity index (χ4v) is 18.4. The number of hydrogen-bond donors (Lipinski definition) is 0. The molecule has 356 valence electrons. The number of benzene rings is 12. The number of hydrogen-bond acceptors (Lipinski definition) is 0. The molecule has 76 heavy (non-hydrogen) atoms. The van der Waals surface area contributed by atoms with Crippen LogP contribution in [0.2, 0.25) is 0 Å². The van der Waals surface area contributed by atoms with Gasteiger partial charge in [0.15, 0.2) is 8.07 Å². The van der Waals surface area contributed by atoms with E-state index in [9.17, 15) is 0 Å². The molecule has 0 spiro atoms. The fourth-order valence-electron chi connectivity index (χ4n) is 13.6. The molecule has 0 N–H and O–H groups in total. The minimum absolute atomic E-state index is 0.520. The fraction of sp³-hybridized carbons (Fsp3) is 0.0137. The summed E-state index contributed by atoms with van der Waals surface area (Å²) in [5.41, 5.74) is 16.5. The monoisotopic (exact) mass is 982 g/mol. The topological polar surface area (TPSA) is 9.86 Å². The summed E-state index contributed by atoms with van der Waals surface area (Å²) in [5, 5.41) is 10.3. The van der Waals surface area contributed by atoms with Crippen LogP contribution >= 0.6 is 0 Å². The quantitative estimate of drug-likeness (QED) is 0.101. The lowest BCUT2D eigenvalue weighted by atomic mass is 9.67. The van der Waals surface area contributed by atoms with Crippen LogP contribution in [0.3, 0.4) is 0 Å². The van der Waals surface area contributed by atoms with Crippen LogP contribution in [-0.2, 0) is 5.41 Å². The second kappa shape index (κ2) is 17.6. The molecule has 1 aliphatic carbocycles. The third kappa shape index (κ3) is 6.27. The molecule has 14 aromatic rings. The molecule has 1 aliphatic rings. The molecule has 0 radical (unpaired) electrons. The molecule has 0 saturated carbocycles. The van der Waals surface area contributed by atoms with Crippen LogP contribution in [0.5, 0.6) is 0 Å². The van der Waals surface area contributed by atoms with Gasteiger partial charge in [0.2, 0.25) is 0 Å². The molecule has 2 heterocycles. The van der Waals surface area contributed by atoms with E-state index in [4.69, 9.17) is 0 Å². The molecule has 0 fully saturated rings. The Balaban J connectivity index is 1.03. The first kappa shape index (κ1) is 44.0. The molecular weight excluding hydrogens is 933 g/mol. The van der Waals surface area contributed by atoms with E-state index in [0.29, 0.717) is 0 Å². The van der Waals surface area contributed by atoms with Gasteiger partial charge < -0.3 is 9.13 Å². The zero-order chi connectivity index (χ0) is 50.2. The van der Waals surface area contributed by atoms with Crippen LogP contribution in [0.4, 0.5) is 0 Å². The molecule has 0 atom stereocenters. The van der Waals surface area contributed by atoms with Crippen molar-refractivity contribution in [2.24, 2.45) is 0 Å². The lowest BCUT2D eigenvalue weighted by Crippen LogP contribution is -2.74. The molecule has 2 aromatic heterocycles. The van der Waals surface area contributed by atoms with Crippen molar-refractivity contribution < 1.29 is 0 Å². The minimum atomic E-state index is -2.87. The molecule has 0 saturated heterocycles. The van der Waals surface area contributed by atoms with Crippen LogP contribution in [0.25, 0.3) is 77.2 Å². The van der Waals surface area contributed by atoms with E-state index in [1.807, 2.05) is 0 Å². The van der Waals surface area contributed by atoms with E-state index in [1.54, 1.807) is 0 Å². The highest BCUT2D eigenvalue weighted by molar-refractivity contribution is 7.19. The van der Waals surface area contributed by atoms with Crippen molar-refractivity contribution in [2.75, 3.05) is 0 Å². The Hall–Kier alpha value is -9.54. The molecule has 3 heteroatoms. The van der Waals surface area contributed by atoms with Gasteiger partial charge in [-0.25, -0.2) is 0 Å². The Bertz CT molecular complexity index is 4360. The van der Waals surface area contributed by atoms with Gasteiger partial charge in [0.25, 0.3) is 0 Å². The largest absolute Gasteiger partial charge is 0.307 e. The Morgan fingerprint density at radius 1 is 0.276 bits per heavy atom. The molecule has 0 bridgehead atoms. The zero-order valence-electron chi connectivity index (χ0n) is 41.8. The summed E-state index contributed by atoms with van der Waals surface area (Å²) < 4.78 is 5.14. The Labute approximate surface area is 443 Å². The van der Waals surface area contributed by atoms with Gasteiger partial charge in [-0.15, -0.1) is 0 Å². The van der Waals surface area contributed by atoms with E-state index in [-0.39, 0.29) is 0 Å². The van der Waals surface area contributed by atoms with E-state index in [0.717, 1.165) is 11.4 Å². The summed E-state index contributed by atoms with van der Waals surface area (Å²) in [6, 6.07) is 114. The third-order valence-corrected chi connectivity index (χ3v) is 21.3. The normalized spacial score (nSPS) is 12.8. The second-order valence-corrected chi connectivity index (χ2v) is 24.0. The summed E-state index contributed by atoms with van der Waals surface area (Å²) >= 11 is 0. The average molecular weight is 983 g/mol. The van der Waals surface area contributed by atoms with Crippen molar-refractivity contribution in [3.63, 3.8) is 0 Å². The molecule has 0 aliphatic heterocycles. The Morgan fingerprint density at radius 3 is 1.32 bits per heavy atom. The molecule has 0 unspecified atom stereocenters. The number of rotatable bonds is 9. The van der Waals surface area contributed by atoms with Crippen molar-refractivity contribution in [3.05, 3.63) is 326 Å². The predicted octanol–water partition coefficient (Wildman–Crippen LogP) is 15.3. The first-order chi connectivity index (χ1) is 37.8. The van der Waals surface area contributed by atoms with Gasteiger partial charge in [-0.3, -0.25) is 0 Å². The van der Waals surface area contributed by atoms with Gasteiger partial charge in [0.05, 0.1) is 33.2 Å². The lowest BCUT2D eigenvalue weighted by Gasteiger charge is -2.34. The maximum absolute atomic E-state index is 2.87. The number of para-hydroxylation sites is 4. The lowest BCUT2D eigenvalue weighted by molar-refractivity contribution is 0.768. The number of fused-ring (bicyclic) bond motifs is 9. The summed E-state index contributed by atoms with van der Waals surface area (Å²) in [6.07, 6.45) is 0. The molecular formula is C73H50N2Si. The van der Waals surface area contributed by atoms with Crippen molar-refractivity contribution in [1.29, 1.82) is 0 Å². The van der Waals surface area contributed by atoms with Crippen molar-refractivity contribution in [1.82, 2.24) is 9.13 Å². The van der Waals surface area contributed by atoms with Gasteiger partial charge in [-0.2, -0.15) is 0 Å². The highest BCUT2D eigenvalue weighted by atomic mass is 28.3. The Kier molecular flexibility index (Phi) is 10.2. The van der Waals surface area contributed by atoms with Crippen LogP contribution in [-0.4, -0.2) is 17.2 Å².